The molecule has 2 aromatic rings. The minimum Gasteiger partial charge on any atom is -0.351 e. The number of halogens is 2. The molecule has 30 heavy (non-hydrogen) atoms. The predicted molar refractivity (Wildman–Crippen MR) is 123 cm³/mol. The topological polar surface area (TPSA) is 66.5 Å². The minimum atomic E-state index is -3.64. The van der Waals surface area contributed by atoms with Gasteiger partial charge in [-0.3, -0.25) is 4.79 Å². The zero-order valence-corrected chi connectivity index (χ0v) is 19.6. The lowest BCUT2D eigenvalue weighted by Gasteiger charge is -2.20. The lowest BCUT2D eigenvalue weighted by atomic mass is 10.2. The average molecular weight is 487 g/mol. The highest BCUT2D eigenvalue weighted by Crippen LogP contribution is 2.25. The third-order valence-electron chi connectivity index (χ3n) is 4.86. The number of hydrogen-bond donors (Lipinski definition) is 1. The normalized spacial score (nSPS) is 15.5. The van der Waals surface area contributed by atoms with Crippen molar-refractivity contribution in [1.82, 2.24) is 9.62 Å². The van der Waals surface area contributed by atoms with Gasteiger partial charge in [-0.05, 0) is 55.3 Å². The van der Waals surface area contributed by atoms with Gasteiger partial charge in [-0.25, -0.2) is 8.42 Å². The van der Waals surface area contributed by atoms with Crippen LogP contribution in [0.1, 0.15) is 36.0 Å². The Morgan fingerprint density at radius 3 is 2.33 bits per heavy atom. The number of amides is 1. The number of hydrogen-bond acceptors (Lipinski definition) is 4. The van der Waals surface area contributed by atoms with Crippen LogP contribution in [0.3, 0.4) is 0 Å². The van der Waals surface area contributed by atoms with E-state index in [4.69, 9.17) is 23.2 Å². The molecule has 9 heteroatoms. The Bertz CT molecular complexity index is 974. The Kier molecular flexibility index (Phi) is 8.48. The first-order valence-electron chi connectivity index (χ1n) is 9.84. The van der Waals surface area contributed by atoms with Gasteiger partial charge >= 0.3 is 0 Å². The molecule has 0 bridgehead atoms. The third-order valence-corrected chi connectivity index (χ3v) is 8.35. The van der Waals surface area contributed by atoms with Crippen LogP contribution in [0.5, 0.6) is 0 Å². The molecule has 0 aromatic heterocycles. The summed E-state index contributed by atoms with van der Waals surface area (Å²) < 4.78 is 27.5. The van der Waals surface area contributed by atoms with E-state index in [0.717, 1.165) is 30.6 Å². The van der Waals surface area contributed by atoms with Gasteiger partial charge in [-0.2, -0.15) is 4.31 Å². The molecule has 0 unspecified atom stereocenters. The molecule has 1 saturated heterocycles. The fourth-order valence-electron chi connectivity index (χ4n) is 3.23. The van der Waals surface area contributed by atoms with E-state index in [-0.39, 0.29) is 21.4 Å². The summed E-state index contributed by atoms with van der Waals surface area (Å²) in [7, 11) is -3.64. The summed E-state index contributed by atoms with van der Waals surface area (Å²) in [6.45, 7) is 1.44. The van der Waals surface area contributed by atoms with Crippen molar-refractivity contribution >= 4 is 50.9 Å². The molecule has 2 aromatic carbocycles. The Morgan fingerprint density at radius 1 is 1.00 bits per heavy atom. The fourth-order valence-corrected chi connectivity index (χ4v) is 5.87. The summed E-state index contributed by atoms with van der Waals surface area (Å²) in [5.41, 5.74) is 0.170. The third kappa shape index (κ3) is 6.14. The van der Waals surface area contributed by atoms with Gasteiger partial charge in [-0.15, -0.1) is 11.8 Å². The zero-order valence-electron chi connectivity index (χ0n) is 16.4. The standard InChI is InChI=1S/C21H24Cl2N2O3S2/c22-16-5-7-17(8-6-16)29-14-11-24-21(26)19-15-18(9-10-20(19)23)30(27,28)25-12-3-1-2-4-13-25/h5-10,15H,1-4,11-14H2,(H,24,26). The number of nitrogens with one attached hydrogen (secondary N) is 1. The second kappa shape index (κ2) is 10.9. The Balaban J connectivity index is 1.63. The second-order valence-electron chi connectivity index (χ2n) is 7.02. The first-order chi connectivity index (χ1) is 14.4. The summed E-state index contributed by atoms with van der Waals surface area (Å²) in [6, 6.07) is 11.8. The molecule has 0 aliphatic carbocycles. The molecule has 0 atom stereocenters. The Labute approximate surface area is 192 Å². The molecular weight excluding hydrogens is 463 g/mol. The number of benzene rings is 2. The molecule has 5 nitrogen and oxygen atoms in total. The smallest absolute Gasteiger partial charge is 0.252 e. The molecule has 1 fully saturated rings. The molecule has 0 spiro atoms. The summed E-state index contributed by atoms with van der Waals surface area (Å²) in [5, 5.41) is 3.72. The van der Waals surface area contributed by atoms with Crippen LogP contribution in [-0.2, 0) is 10.0 Å². The van der Waals surface area contributed by atoms with Gasteiger partial charge in [0.25, 0.3) is 5.91 Å². The largest absolute Gasteiger partial charge is 0.351 e. The van der Waals surface area contributed by atoms with E-state index in [1.807, 2.05) is 24.3 Å². The van der Waals surface area contributed by atoms with Gasteiger partial charge in [0.2, 0.25) is 10.0 Å². The SMILES string of the molecule is O=C(NCCSc1ccc(Cl)cc1)c1cc(S(=O)(=O)N2CCCCCC2)ccc1Cl. The van der Waals surface area contributed by atoms with E-state index in [1.165, 1.54) is 22.5 Å². The number of carbonyl (C=O) groups is 1. The lowest BCUT2D eigenvalue weighted by Crippen LogP contribution is -2.32. The maximum Gasteiger partial charge on any atom is 0.252 e. The summed E-state index contributed by atoms with van der Waals surface area (Å²) in [6.07, 6.45) is 3.78. The number of rotatable bonds is 7. The van der Waals surface area contributed by atoms with Crippen molar-refractivity contribution in [2.75, 3.05) is 25.4 Å². The molecule has 1 aliphatic heterocycles. The van der Waals surface area contributed by atoms with E-state index in [9.17, 15) is 13.2 Å². The summed E-state index contributed by atoms with van der Waals surface area (Å²) in [4.78, 5) is 13.8. The van der Waals surface area contributed by atoms with Gasteiger partial charge in [0.05, 0.1) is 15.5 Å². The molecular formula is C21H24Cl2N2O3S2. The van der Waals surface area contributed by atoms with Gasteiger partial charge < -0.3 is 5.32 Å². The summed E-state index contributed by atoms with van der Waals surface area (Å²) >= 11 is 13.7. The molecule has 0 radical (unpaired) electrons. The first-order valence-corrected chi connectivity index (χ1v) is 13.0. The van der Waals surface area contributed by atoms with Gasteiger partial charge in [-0.1, -0.05) is 36.0 Å². The quantitative estimate of drug-likeness (QED) is 0.437. The van der Waals surface area contributed by atoms with Crippen molar-refractivity contribution in [1.29, 1.82) is 0 Å². The molecule has 1 aliphatic rings. The van der Waals surface area contributed by atoms with E-state index in [2.05, 4.69) is 5.32 Å². The van der Waals surface area contributed by atoms with Crippen LogP contribution in [-0.4, -0.2) is 44.0 Å². The zero-order chi connectivity index (χ0) is 21.6. The lowest BCUT2D eigenvalue weighted by molar-refractivity contribution is 0.0956. The van der Waals surface area contributed by atoms with Gasteiger partial charge in [0.1, 0.15) is 0 Å². The van der Waals surface area contributed by atoms with Crippen molar-refractivity contribution in [2.24, 2.45) is 0 Å². The van der Waals surface area contributed by atoms with Crippen LogP contribution >= 0.6 is 35.0 Å². The molecule has 1 amide bonds. The van der Waals surface area contributed by atoms with Crippen molar-refractivity contribution in [3.63, 3.8) is 0 Å². The fraction of sp³-hybridized carbons (Fsp3) is 0.381. The highest BCUT2D eigenvalue weighted by atomic mass is 35.5. The summed E-state index contributed by atoms with van der Waals surface area (Å²) in [5.74, 6) is 0.279. The van der Waals surface area contributed by atoms with Crippen molar-refractivity contribution in [3.8, 4) is 0 Å². The van der Waals surface area contributed by atoms with E-state index in [1.54, 1.807) is 11.8 Å². The number of carbonyl (C=O) groups excluding carboxylic acids is 1. The number of thioether (sulfide) groups is 1. The van der Waals surface area contributed by atoms with Gasteiger partial charge in [0, 0.05) is 35.3 Å². The van der Waals surface area contributed by atoms with Crippen molar-refractivity contribution in [2.45, 2.75) is 35.5 Å². The highest BCUT2D eigenvalue weighted by molar-refractivity contribution is 7.99. The van der Waals surface area contributed by atoms with Crippen LogP contribution in [0, 0.1) is 0 Å². The van der Waals surface area contributed by atoms with Crippen LogP contribution in [0.4, 0.5) is 0 Å². The van der Waals surface area contributed by atoms with E-state index in [0.29, 0.717) is 30.4 Å². The van der Waals surface area contributed by atoms with Crippen LogP contribution < -0.4 is 5.32 Å². The molecule has 0 saturated carbocycles. The minimum absolute atomic E-state index is 0.106. The van der Waals surface area contributed by atoms with Crippen LogP contribution in [0.15, 0.2) is 52.3 Å². The molecule has 162 valence electrons. The maximum absolute atomic E-state index is 13.0. The van der Waals surface area contributed by atoms with E-state index < -0.39 is 10.0 Å². The Morgan fingerprint density at radius 2 is 1.67 bits per heavy atom. The van der Waals surface area contributed by atoms with Gasteiger partial charge in [0.15, 0.2) is 0 Å². The maximum atomic E-state index is 13.0. The second-order valence-corrected chi connectivity index (χ2v) is 11.0. The monoisotopic (exact) mass is 486 g/mol. The van der Waals surface area contributed by atoms with Crippen molar-refractivity contribution in [3.05, 3.63) is 58.1 Å². The highest BCUT2D eigenvalue weighted by Gasteiger charge is 2.26. The first kappa shape index (κ1) is 23.4. The molecule has 1 N–H and O–H groups in total. The van der Waals surface area contributed by atoms with E-state index >= 15 is 0 Å². The van der Waals surface area contributed by atoms with Crippen LogP contribution in [0.2, 0.25) is 10.0 Å². The van der Waals surface area contributed by atoms with Crippen molar-refractivity contribution < 1.29 is 13.2 Å². The Hall–Kier alpha value is -1.25. The molecule has 3 rings (SSSR count). The number of nitrogens with zero attached hydrogens (tertiary/aromatic N) is 1. The number of sulfonamides is 1. The van der Waals surface area contributed by atoms with Crippen LogP contribution in [0.25, 0.3) is 0 Å². The molecule has 1 heterocycles. The average Bonchev–Trinajstić information content (AvgIpc) is 3.03. The predicted octanol–water partition coefficient (Wildman–Crippen LogP) is 5.08.